The zero-order valence-corrected chi connectivity index (χ0v) is 15.9. The number of non-ortho nitro benzene ring substituents is 2. The Labute approximate surface area is 170 Å². The van der Waals surface area contributed by atoms with Crippen LogP contribution in [0.25, 0.3) is 10.8 Å². The summed E-state index contributed by atoms with van der Waals surface area (Å²) in [5.74, 6) is 0. The molecule has 0 aromatic heterocycles. The SMILES string of the molecule is O=[N+]([O-])c1ccc(N/N=C/c2cccc3c(Br)ccc([N+](=O)[O-])c23)c([N+](=O)[O-])c1. The number of halogens is 1. The van der Waals surface area contributed by atoms with Crippen LogP contribution in [-0.2, 0) is 0 Å². The molecule has 12 heteroatoms. The van der Waals surface area contributed by atoms with Gasteiger partial charge in [-0.2, -0.15) is 5.10 Å². The lowest BCUT2D eigenvalue weighted by Crippen LogP contribution is -1.99. The minimum atomic E-state index is -0.773. The van der Waals surface area contributed by atoms with Crippen molar-refractivity contribution < 1.29 is 14.8 Å². The number of nitrogens with zero attached hydrogens (tertiary/aromatic N) is 4. The molecule has 29 heavy (non-hydrogen) atoms. The Morgan fingerprint density at radius 3 is 2.28 bits per heavy atom. The molecule has 0 bridgehead atoms. The highest BCUT2D eigenvalue weighted by Crippen LogP contribution is 2.33. The van der Waals surface area contributed by atoms with E-state index in [1.807, 2.05) is 0 Å². The molecule has 11 nitrogen and oxygen atoms in total. The number of fused-ring (bicyclic) bond motifs is 1. The van der Waals surface area contributed by atoms with E-state index in [-0.39, 0.29) is 11.4 Å². The molecule has 0 unspecified atom stereocenters. The molecular formula is C17H10BrN5O6. The normalized spacial score (nSPS) is 10.9. The predicted octanol–water partition coefficient (Wildman–Crippen LogP) is 4.77. The van der Waals surface area contributed by atoms with E-state index in [0.717, 1.165) is 18.2 Å². The van der Waals surface area contributed by atoms with E-state index in [4.69, 9.17) is 0 Å². The van der Waals surface area contributed by atoms with Crippen LogP contribution in [0.1, 0.15) is 5.56 Å². The van der Waals surface area contributed by atoms with Crippen LogP contribution in [0.5, 0.6) is 0 Å². The summed E-state index contributed by atoms with van der Waals surface area (Å²) in [6.07, 6.45) is 1.28. The standard InChI is InChI=1S/C17H10BrN5O6/c18-13-5-7-15(22(26)27)17-10(2-1-3-12(13)17)9-19-20-14-6-4-11(21(24)25)8-16(14)23(28)29/h1-9,20H/b19-9+. The maximum atomic E-state index is 11.4. The molecule has 0 heterocycles. The van der Waals surface area contributed by atoms with Crippen LogP contribution in [0.4, 0.5) is 22.7 Å². The predicted molar refractivity (Wildman–Crippen MR) is 109 cm³/mol. The molecule has 0 saturated heterocycles. The maximum absolute atomic E-state index is 11.4. The number of benzene rings is 3. The minimum Gasteiger partial charge on any atom is -0.272 e. The second kappa shape index (κ2) is 7.98. The van der Waals surface area contributed by atoms with Gasteiger partial charge in [0, 0.05) is 27.6 Å². The number of hydrazone groups is 1. The van der Waals surface area contributed by atoms with E-state index < -0.39 is 26.1 Å². The van der Waals surface area contributed by atoms with Crippen molar-refractivity contribution in [1.29, 1.82) is 0 Å². The first kappa shape index (κ1) is 19.8. The number of hydrogen-bond acceptors (Lipinski definition) is 8. The summed E-state index contributed by atoms with van der Waals surface area (Å²) >= 11 is 3.35. The molecule has 0 radical (unpaired) electrons. The number of anilines is 1. The van der Waals surface area contributed by atoms with Gasteiger partial charge in [0.1, 0.15) is 5.69 Å². The first-order valence-electron chi connectivity index (χ1n) is 7.87. The molecule has 0 aliphatic rings. The summed E-state index contributed by atoms with van der Waals surface area (Å²) in [5.41, 5.74) is 1.73. The van der Waals surface area contributed by atoms with E-state index in [9.17, 15) is 30.3 Å². The van der Waals surface area contributed by atoms with Gasteiger partial charge in [0.15, 0.2) is 0 Å². The van der Waals surface area contributed by atoms with Crippen LogP contribution in [0, 0.1) is 30.3 Å². The second-order valence-electron chi connectivity index (χ2n) is 5.68. The van der Waals surface area contributed by atoms with E-state index >= 15 is 0 Å². The topological polar surface area (TPSA) is 154 Å². The largest absolute Gasteiger partial charge is 0.301 e. The lowest BCUT2D eigenvalue weighted by Gasteiger charge is -2.06. The molecule has 146 valence electrons. The highest BCUT2D eigenvalue weighted by Gasteiger charge is 2.19. The molecule has 0 aliphatic carbocycles. The molecule has 0 aliphatic heterocycles. The van der Waals surface area contributed by atoms with Crippen LogP contribution in [0.3, 0.4) is 0 Å². The van der Waals surface area contributed by atoms with Gasteiger partial charge in [-0.05, 0) is 12.1 Å². The quantitative estimate of drug-likeness (QED) is 0.316. The third kappa shape index (κ3) is 4.01. The summed E-state index contributed by atoms with van der Waals surface area (Å²) in [5, 5.41) is 38.2. The van der Waals surface area contributed by atoms with Crippen molar-refractivity contribution in [3.8, 4) is 0 Å². The number of nitro benzene ring substituents is 3. The zero-order valence-electron chi connectivity index (χ0n) is 14.3. The highest BCUT2D eigenvalue weighted by molar-refractivity contribution is 9.10. The summed E-state index contributed by atoms with van der Waals surface area (Å²) in [7, 11) is 0. The molecule has 0 atom stereocenters. The monoisotopic (exact) mass is 459 g/mol. The van der Waals surface area contributed by atoms with E-state index in [0.29, 0.717) is 20.8 Å². The zero-order chi connectivity index (χ0) is 21.1. The van der Waals surface area contributed by atoms with Crippen molar-refractivity contribution in [3.63, 3.8) is 0 Å². The molecule has 1 N–H and O–H groups in total. The molecule has 0 amide bonds. The molecule has 3 aromatic rings. The minimum absolute atomic E-state index is 0.0623. The fourth-order valence-corrected chi connectivity index (χ4v) is 3.15. The van der Waals surface area contributed by atoms with Crippen molar-refractivity contribution >= 4 is 55.7 Å². The van der Waals surface area contributed by atoms with Crippen molar-refractivity contribution in [2.75, 3.05) is 5.43 Å². The fourth-order valence-electron chi connectivity index (χ4n) is 2.69. The van der Waals surface area contributed by atoms with Crippen molar-refractivity contribution in [1.82, 2.24) is 0 Å². The van der Waals surface area contributed by atoms with Gasteiger partial charge in [-0.1, -0.05) is 34.1 Å². The first-order valence-corrected chi connectivity index (χ1v) is 8.66. The van der Waals surface area contributed by atoms with Crippen molar-refractivity contribution in [2.24, 2.45) is 5.10 Å². The van der Waals surface area contributed by atoms with Gasteiger partial charge >= 0.3 is 5.69 Å². The summed E-state index contributed by atoms with van der Waals surface area (Å²) < 4.78 is 0.660. The Morgan fingerprint density at radius 1 is 0.897 bits per heavy atom. The molecule has 0 spiro atoms. The number of nitrogens with one attached hydrogen (secondary N) is 1. The molecule has 0 fully saturated rings. The smallest absolute Gasteiger partial charge is 0.272 e. The Hall–Kier alpha value is -3.93. The van der Waals surface area contributed by atoms with Crippen molar-refractivity contribution in [2.45, 2.75) is 0 Å². The maximum Gasteiger partial charge on any atom is 0.301 e. The van der Waals surface area contributed by atoms with Crippen LogP contribution < -0.4 is 5.43 Å². The van der Waals surface area contributed by atoms with E-state index in [1.165, 1.54) is 12.3 Å². The Kier molecular flexibility index (Phi) is 5.45. The third-order valence-corrected chi connectivity index (χ3v) is 4.66. The Balaban J connectivity index is 2.01. The van der Waals surface area contributed by atoms with Gasteiger partial charge in [0.05, 0.1) is 32.4 Å². The van der Waals surface area contributed by atoms with Crippen LogP contribution >= 0.6 is 15.9 Å². The van der Waals surface area contributed by atoms with Gasteiger partial charge in [-0.25, -0.2) is 0 Å². The fraction of sp³-hybridized carbons (Fsp3) is 0. The average molecular weight is 460 g/mol. The number of hydrogen-bond donors (Lipinski definition) is 1. The molecule has 3 rings (SSSR count). The van der Waals surface area contributed by atoms with Gasteiger partial charge in [-0.3, -0.25) is 35.8 Å². The summed E-state index contributed by atoms with van der Waals surface area (Å²) in [4.78, 5) is 31.3. The Morgan fingerprint density at radius 2 is 1.62 bits per heavy atom. The van der Waals surface area contributed by atoms with Crippen LogP contribution in [-0.4, -0.2) is 21.0 Å². The van der Waals surface area contributed by atoms with Crippen LogP contribution in [0.15, 0.2) is 58.1 Å². The van der Waals surface area contributed by atoms with Gasteiger partial charge < -0.3 is 0 Å². The van der Waals surface area contributed by atoms with Gasteiger partial charge in [-0.15, -0.1) is 0 Å². The second-order valence-corrected chi connectivity index (χ2v) is 6.53. The highest BCUT2D eigenvalue weighted by atomic mass is 79.9. The number of nitro groups is 3. The molecular weight excluding hydrogens is 450 g/mol. The van der Waals surface area contributed by atoms with Gasteiger partial charge in [0.25, 0.3) is 11.4 Å². The molecule has 3 aromatic carbocycles. The summed E-state index contributed by atoms with van der Waals surface area (Å²) in [6.45, 7) is 0. The van der Waals surface area contributed by atoms with E-state index in [2.05, 4.69) is 26.5 Å². The molecule has 0 saturated carbocycles. The van der Waals surface area contributed by atoms with Gasteiger partial charge in [0.2, 0.25) is 0 Å². The third-order valence-electron chi connectivity index (χ3n) is 3.97. The lowest BCUT2D eigenvalue weighted by molar-refractivity contribution is -0.393. The van der Waals surface area contributed by atoms with E-state index in [1.54, 1.807) is 24.3 Å². The van der Waals surface area contributed by atoms with Crippen LogP contribution in [0.2, 0.25) is 0 Å². The van der Waals surface area contributed by atoms with Crippen molar-refractivity contribution in [3.05, 3.63) is 88.9 Å². The lowest BCUT2D eigenvalue weighted by atomic mass is 10.0. The average Bonchev–Trinajstić information content (AvgIpc) is 2.68. The first-order chi connectivity index (χ1) is 13.8. The Bertz CT molecular complexity index is 1200. The summed E-state index contributed by atoms with van der Waals surface area (Å²) in [6, 6.07) is 11.0. The number of rotatable bonds is 6.